The first-order valence-electron chi connectivity index (χ1n) is 8.75. The summed E-state index contributed by atoms with van der Waals surface area (Å²) in [5.74, 6) is -4.02. The summed E-state index contributed by atoms with van der Waals surface area (Å²) in [6.07, 6.45) is 0.264. The summed E-state index contributed by atoms with van der Waals surface area (Å²) in [7, 11) is 0. The Balaban J connectivity index is 2.19. The van der Waals surface area contributed by atoms with E-state index >= 15 is 0 Å². The third-order valence-electron chi connectivity index (χ3n) is 3.71. The Morgan fingerprint density at radius 3 is 1.52 bits per heavy atom. The Labute approximate surface area is 164 Å². The van der Waals surface area contributed by atoms with Crippen molar-refractivity contribution in [1.29, 1.82) is 0 Å². The highest BCUT2D eigenvalue weighted by atomic mass is 16.5. The lowest BCUT2D eigenvalue weighted by Gasteiger charge is -2.09. The fourth-order valence-electron chi connectivity index (χ4n) is 2.49. The molecule has 0 amide bonds. The molecule has 0 spiro atoms. The van der Waals surface area contributed by atoms with Gasteiger partial charge in [-0.05, 0) is 20.3 Å². The number of nitrogens with zero attached hydrogens (tertiary/aromatic N) is 4. The molecule has 0 saturated carbocycles. The number of aromatic carboxylic acids is 2. The predicted octanol–water partition coefficient (Wildman–Crippen LogP) is 0.920. The van der Waals surface area contributed by atoms with Gasteiger partial charge in [0.25, 0.3) is 0 Å². The van der Waals surface area contributed by atoms with E-state index in [-0.39, 0.29) is 55.5 Å². The van der Waals surface area contributed by atoms with E-state index in [1.807, 2.05) is 0 Å². The van der Waals surface area contributed by atoms with E-state index in [1.54, 1.807) is 13.8 Å². The fraction of sp³-hybridized carbons (Fsp3) is 0.412. The Morgan fingerprint density at radius 1 is 0.828 bits per heavy atom. The van der Waals surface area contributed by atoms with E-state index in [0.29, 0.717) is 0 Å². The smallest absolute Gasteiger partial charge is 0.356 e. The lowest BCUT2D eigenvalue weighted by Crippen LogP contribution is -2.17. The minimum absolute atomic E-state index is 0.0263. The maximum Gasteiger partial charge on any atom is 0.356 e. The number of carbonyl (C=O) groups is 4. The van der Waals surface area contributed by atoms with Crippen LogP contribution in [0, 0.1) is 0 Å². The van der Waals surface area contributed by atoms with Crippen LogP contribution in [0.1, 0.15) is 62.2 Å². The van der Waals surface area contributed by atoms with Crippen LogP contribution >= 0.6 is 0 Å². The topological polar surface area (TPSA) is 163 Å². The standard InChI is InChI=1S/C17H20N4O8/c1-3-28-16(26)12-8-10(14(22)23)18-20(12)6-5-7-21-13(17(27)29-4-2)9-11(19-21)15(24)25/h8-9H,3-7H2,1-2H3,(H,22,23)(H,24,25). The number of hydrogen-bond donors (Lipinski definition) is 2. The molecule has 12 nitrogen and oxygen atoms in total. The summed E-state index contributed by atoms with van der Waals surface area (Å²) in [5, 5.41) is 25.9. The van der Waals surface area contributed by atoms with E-state index < -0.39 is 23.9 Å². The van der Waals surface area contributed by atoms with Gasteiger partial charge in [0.05, 0.1) is 13.2 Å². The minimum atomic E-state index is -1.29. The molecule has 0 aliphatic heterocycles. The van der Waals surface area contributed by atoms with Crippen molar-refractivity contribution >= 4 is 23.9 Å². The second kappa shape index (κ2) is 9.48. The molecule has 2 rings (SSSR count). The van der Waals surface area contributed by atoms with Gasteiger partial charge in [0, 0.05) is 25.2 Å². The fourth-order valence-corrected chi connectivity index (χ4v) is 2.49. The van der Waals surface area contributed by atoms with Crippen molar-refractivity contribution in [3.63, 3.8) is 0 Å². The molecule has 2 aromatic rings. The van der Waals surface area contributed by atoms with Crippen molar-refractivity contribution in [2.24, 2.45) is 0 Å². The SMILES string of the molecule is CCOC(=O)c1cc(C(=O)O)nn1CCCn1nc(C(=O)O)cc1C(=O)OCC. The summed E-state index contributed by atoms with van der Waals surface area (Å²) in [6, 6.07) is 2.22. The van der Waals surface area contributed by atoms with E-state index in [9.17, 15) is 19.2 Å². The third-order valence-corrected chi connectivity index (χ3v) is 3.71. The second-order valence-electron chi connectivity index (χ2n) is 5.68. The molecule has 2 heterocycles. The molecule has 0 aliphatic carbocycles. The van der Waals surface area contributed by atoms with Crippen molar-refractivity contribution in [1.82, 2.24) is 19.6 Å². The van der Waals surface area contributed by atoms with Crippen molar-refractivity contribution in [2.45, 2.75) is 33.4 Å². The van der Waals surface area contributed by atoms with Gasteiger partial charge in [-0.3, -0.25) is 9.36 Å². The minimum Gasteiger partial charge on any atom is -0.476 e. The summed E-state index contributed by atoms with van der Waals surface area (Å²) in [5.41, 5.74) is -0.678. The summed E-state index contributed by atoms with van der Waals surface area (Å²) in [6.45, 7) is 3.66. The molecule has 12 heteroatoms. The number of hydrogen-bond acceptors (Lipinski definition) is 8. The van der Waals surface area contributed by atoms with Crippen LogP contribution in [0.5, 0.6) is 0 Å². The Kier molecular flexibility index (Phi) is 7.06. The molecule has 0 fully saturated rings. The number of ether oxygens (including phenoxy) is 2. The molecule has 0 radical (unpaired) electrons. The van der Waals surface area contributed by atoms with Crippen LogP contribution in [0.2, 0.25) is 0 Å². The van der Waals surface area contributed by atoms with Crippen LogP contribution in [0.3, 0.4) is 0 Å². The van der Waals surface area contributed by atoms with Crippen molar-refractivity contribution in [3.05, 3.63) is 34.9 Å². The zero-order valence-corrected chi connectivity index (χ0v) is 15.8. The summed E-state index contributed by atoms with van der Waals surface area (Å²) < 4.78 is 12.2. The van der Waals surface area contributed by atoms with Crippen LogP contribution in [-0.4, -0.2) is 66.9 Å². The number of rotatable bonds is 10. The van der Waals surface area contributed by atoms with Crippen LogP contribution in [-0.2, 0) is 22.6 Å². The van der Waals surface area contributed by atoms with Gasteiger partial charge in [-0.25, -0.2) is 19.2 Å². The van der Waals surface area contributed by atoms with Gasteiger partial charge in [0.2, 0.25) is 0 Å². The number of carboxylic acids is 2. The third kappa shape index (κ3) is 5.18. The average molecular weight is 408 g/mol. The Morgan fingerprint density at radius 2 is 1.21 bits per heavy atom. The van der Waals surface area contributed by atoms with E-state index in [0.717, 1.165) is 12.1 Å². The molecule has 29 heavy (non-hydrogen) atoms. The Bertz CT molecular complexity index is 856. The molecule has 2 aromatic heterocycles. The maximum atomic E-state index is 12.0. The second-order valence-corrected chi connectivity index (χ2v) is 5.68. The highest BCUT2D eigenvalue weighted by molar-refractivity contribution is 5.93. The quantitative estimate of drug-likeness (QED) is 0.540. The maximum absolute atomic E-state index is 12.0. The predicted molar refractivity (Wildman–Crippen MR) is 94.9 cm³/mol. The zero-order valence-electron chi connectivity index (χ0n) is 15.8. The van der Waals surface area contributed by atoms with Gasteiger partial charge < -0.3 is 19.7 Å². The number of esters is 2. The monoisotopic (exact) mass is 408 g/mol. The number of carbonyl (C=O) groups excluding carboxylic acids is 2. The van der Waals surface area contributed by atoms with Crippen molar-refractivity contribution in [3.8, 4) is 0 Å². The van der Waals surface area contributed by atoms with Crippen molar-refractivity contribution < 1.29 is 38.9 Å². The first-order chi connectivity index (χ1) is 13.8. The molecule has 0 aromatic carbocycles. The molecule has 0 bridgehead atoms. The van der Waals surface area contributed by atoms with Gasteiger partial charge in [0.1, 0.15) is 11.4 Å². The van der Waals surface area contributed by atoms with E-state index in [1.165, 1.54) is 9.36 Å². The largest absolute Gasteiger partial charge is 0.476 e. The van der Waals surface area contributed by atoms with Gasteiger partial charge >= 0.3 is 23.9 Å². The van der Waals surface area contributed by atoms with Crippen LogP contribution in [0.25, 0.3) is 0 Å². The molecule has 0 atom stereocenters. The van der Waals surface area contributed by atoms with Gasteiger partial charge in [-0.2, -0.15) is 10.2 Å². The number of aromatic nitrogens is 4. The first-order valence-corrected chi connectivity index (χ1v) is 8.75. The highest BCUT2D eigenvalue weighted by Crippen LogP contribution is 2.11. The number of carboxylic acid groups (broad SMARTS) is 2. The molecule has 2 N–H and O–H groups in total. The molecular weight excluding hydrogens is 388 g/mol. The Hall–Kier alpha value is -3.70. The van der Waals surface area contributed by atoms with Gasteiger partial charge in [0.15, 0.2) is 11.4 Å². The lowest BCUT2D eigenvalue weighted by molar-refractivity contribution is 0.0504. The van der Waals surface area contributed by atoms with Gasteiger partial charge in [-0.15, -0.1) is 0 Å². The molecule has 0 aliphatic rings. The van der Waals surface area contributed by atoms with Crippen molar-refractivity contribution in [2.75, 3.05) is 13.2 Å². The van der Waals surface area contributed by atoms with Gasteiger partial charge in [-0.1, -0.05) is 0 Å². The van der Waals surface area contributed by atoms with E-state index in [4.69, 9.17) is 19.7 Å². The molecule has 156 valence electrons. The highest BCUT2D eigenvalue weighted by Gasteiger charge is 2.21. The van der Waals surface area contributed by atoms with Crippen LogP contribution in [0.15, 0.2) is 12.1 Å². The van der Waals surface area contributed by atoms with Crippen LogP contribution < -0.4 is 0 Å². The molecule has 0 unspecified atom stereocenters. The average Bonchev–Trinajstić information content (AvgIpc) is 3.27. The van der Waals surface area contributed by atoms with Crippen LogP contribution in [0.4, 0.5) is 0 Å². The molecular formula is C17H20N4O8. The summed E-state index contributed by atoms with van der Waals surface area (Å²) >= 11 is 0. The zero-order chi connectivity index (χ0) is 21.6. The lowest BCUT2D eigenvalue weighted by atomic mass is 10.3. The number of aryl methyl sites for hydroxylation is 2. The van der Waals surface area contributed by atoms with E-state index in [2.05, 4.69) is 10.2 Å². The normalized spacial score (nSPS) is 10.6. The summed E-state index contributed by atoms with van der Waals surface area (Å²) in [4.78, 5) is 46.3. The molecule has 0 saturated heterocycles. The first kappa shape index (κ1) is 21.6.